The van der Waals surface area contributed by atoms with E-state index in [1.807, 2.05) is 26.0 Å². The first kappa shape index (κ1) is 15.5. The molecule has 1 aliphatic carbocycles. The van der Waals surface area contributed by atoms with Gasteiger partial charge in [-0.05, 0) is 26.7 Å². The van der Waals surface area contributed by atoms with Crippen LogP contribution in [0.25, 0.3) is 0 Å². The minimum absolute atomic E-state index is 0.147. The molecule has 0 unspecified atom stereocenters. The molecule has 3 amide bonds. The SMILES string of the molecule is C=C(C)CN(CC)C(=O)CN1C(=O)[C@H]2CC=CC[C@H]2C1=O. The average molecular weight is 290 g/mol. The van der Waals surface area contributed by atoms with E-state index in [2.05, 4.69) is 6.58 Å². The van der Waals surface area contributed by atoms with E-state index in [0.717, 1.165) is 10.5 Å². The number of carbonyl (C=O) groups is 3. The maximum absolute atomic E-state index is 12.3. The molecule has 21 heavy (non-hydrogen) atoms. The second kappa shape index (κ2) is 6.24. The van der Waals surface area contributed by atoms with Crippen LogP contribution in [0.1, 0.15) is 26.7 Å². The highest BCUT2D eigenvalue weighted by Gasteiger charge is 2.47. The van der Waals surface area contributed by atoms with E-state index in [4.69, 9.17) is 0 Å². The van der Waals surface area contributed by atoms with Crippen molar-refractivity contribution >= 4 is 17.7 Å². The number of allylic oxidation sites excluding steroid dienone is 2. The summed E-state index contributed by atoms with van der Waals surface area (Å²) >= 11 is 0. The number of fused-ring (bicyclic) bond motifs is 1. The molecule has 0 bridgehead atoms. The number of imide groups is 1. The molecular weight excluding hydrogens is 268 g/mol. The van der Waals surface area contributed by atoms with Crippen LogP contribution >= 0.6 is 0 Å². The molecule has 1 fully saturated rings. The third-order valence-electron chi connectivity index (χ3n) is 4.09. The van der Waals surface area contributed by atoms with Crippen LogP contribution in [-0.4, -0.2) is 47.2 Å². The van der Waals surface area contributed by atoms with Crippen LogP contribution in [0, 0.1) is 11.8 Å². The highest BCUT2D eigenvalue weighted by Crippen LogP contribution is 2.34. The molecule has 2 aliphatic rings. The van der Waals surface area contributed by atoms with Gasteiger partial charge in [-0.3, -0.25) is 19.3 Å². The first-order valence-corrected chi connectivity index (χ1v) is 7.38. The first-order valence-electron chi connectivity index (χ1n) is 7.38. The van der Waals surface area contributed by atoms with Crippen LogP contribution in [0.2, 0.25) is 0 Å². The van der Waals surface area contributed by atoms with Gasteiger partial charge >= 0.3 is 0 Å². The number of amides is 3. The molecule has 1 heterocycles. The lowest BCUT2D eigenvalue weighted by Gasteiger charge is -2.23. The van der Waals surface area contributed by atoms with E-state index in [1.54, 1.807) is 4.90 Å². The fourth-order valence-electron chi connectivity index (χ4n) is 2.96. The Bertz CT molecular complexity index is 484. The summed E-state index contributed by atoms with van der Waals surface area (Å²) in [6.45, 7) is 8.37. The zero-order valence-electron chi connectivity index (χ0n) is 12.7. The van der Waals surface area contributed by atoms with Crippen molar-refractivity contribution in [3.05, 3.63) is 24.3 Å². The van der Waals surface area contributed by atoms with Gasteiger partial charge in [0.25, 0.3) is 0 Å². The largest absolute Gasteiger partial charge is 0.337 e. The topological polar surface area (TPSA) is 57.7 Å². The van der Waals surface area contributed by atoms with Gasteiger partial charge in [0.05, 0.1) is 11.8 Å². The molecular formula is C16H22N2O3. The lowest BCUT2D eigenvalue weighted by molar-refractivity contribution is -0.146. The summed E-state index contributed by atoms with van der Waals surface area (Å²) in [6.07, 6.45) is 5.08. The van der Waals surface area contributed by atoms with Gasteiger partial charge in [0.15, 0.2) is 0 Å². The molecule has 5 nitrogen and oxygen atoms in total. The summed E-state index contributed by atoms with van der Waals surface area (Å²) in [7, 11) is 0. The fourth-order valence-corrected chi connectivity index (χ4v) is 2.96. The summed E-state index contributed by atoms with van der Waals surface area (Å²) in [4.78, 5) is 39.6. The summed E-state index contributed by atoms with van der Waals surface area (Å²) in [5, 5.41) is 0. The van der Waals surface area contributed by atoms with Crippen molar-refractivity contribution in [2.24, 2.45) is 11.8 Å². The Morgan fingerprint density at radius 1 is 1.29 bits per heavy atom. The summed E-state index contributed by atoms with van der Waals surface area (Å²) < 4.78 is 0. The monoisotopic (exact) mass is 290 g/mol. The number of carbonyl (C=O) groups excluding carboxylic acids is 3. The Labute approximate surface area is 125 Å². The molecule has 0 aromatic rings. The maximum Gasteiger partial charge on any atom is 0.243 e. The van der Waals surface area contributed by atoms with Gasteiger partial charge in [-0.15, -0.1) is 0 Å². The van der Waals surface area contributed by atoms with E-state index in [1.165, 1.54) is 0 Å². The van der Waals surface area contributed by atoms with E-state index < -0.39 is 0 Å². The number of hydrogen-bond donors (Lipinski definition) is 0. The van der Waals surface area contributed by atoms with Crippen LogP contribution in [-0.2, 0) is 14.4 Å². The summed E-state index contributed by atoms with van der Waals surface area (Å²) in [5.41, 5.74) is 0.877. The molecule has 0 spiro atoms. The molecule has 5 heteroatoms. The Kier molecular flexibility index (Phi) is 4.60. The van der Waals surface area contributed by atoms with Gasteiger partial charge in [-0.25, -0.2) is 0 Å². The van der Waals surface area contributed by atoms with Crippen molar-refractivity contribution in [2.45, 2.75) is 26.7 Å². The molecule has 0 aromatic carbocycles. The molecule has 1 aliphatic heterocycles. The van der Waals surface area contributed by atoms with Crippen LogP contribution in [0.4, 0.5) is 0 Å². The van der Waals surface area contributed by atoms with Gasteiger partial charge < -0.3 is 4.90 Å². The van der Waals surface area contributed by atoms with Crippen LogP contribution in [0.5, 0.6) is 0 Å². The van der Waals surface area contributed by atoms with E-state index >= 15 is 0 Å². The molecule has 2 atom stereocenters. The molecule has 0 aromatic heterocycles. The van der Waals surface area contributed by atoms with Crippen molar-refractivity contribution < 1.29 is 14.4 Å². The number of likely N-dealkylation sites (N-methyl/N-ethyl adjacent to an activating group) is 1. The lowest BCUT2D eigenvalue weighted by Crippen LogP contribution is -2.43. The summed E-state index contributed by atoms with van der Waals surface area (Å²) in [5.74, 6) is -1.14. The quantitative estimate of drug-likeness (QED) is 0.567. The zero-order valence-corrected chi connectivity index (χ0v) is 12.7. The Morgan fingerprint density at radius 3 is 2.24 bits per heavy atom. The van der Waals surface area contributed by atoms with E-state index in [9.17, 15) is 14.4 Å². The second-order valence-corrected chi connectivity index (χ2v) is 5.78. The molecule has 0 N–H and O–H groups in total. The van der Waals surface area contributed by atoms with Crippen molar-refractivity contribution in [2.75, 3.05) is 19.6 Å². The van der Waals surface area contributed by atoms with Gasteiger partial charge in [0.2, 0.25) is 17.7 Å². The van der Waals surface area contributed by atoms with Crippen molar-refractivity contribution in [3.8, 4) is 0 Å². The van der Waals surface area contributed by atoms with Crippen molar-refractivity contribution in [3.63, 3.8) is 0 Å². The normalized spacial score (nSPS) is 24.2. The third-order valence-corrected chi connectivity index (χ3v) is 4.09. The highest BCUT2D eigenvalue weighted by molar-refractivity contribution is 6.07. The second-order valence-electron chi connectivity index (χ2n) is 5.78. The Hall–Kier alpha value is -1.91. The van der Waals surface area contributed by atoms with Crippen LogP contribution in [0.3, 0.4) is 0 Å². The standard InChI is InChI=1S/C16H22N2O3/c1-4-17(9-11(2)3)14(19)10-18-15(20)12-7-5-6-8-13(12)16(18)21/h5-6,12-13H,2,4,7-10H2,1,3H3/t12-,13+. The minimum atomic E-state index is -0.272. The first-order chi connectivity index (χ1) is 9.95. The van der Waals surface area contributed by atoms with Gasteiger partial charge in [0, 0.05) is 13.1 Å². The van der Waals surface area contributed by atoms with Gasteiger partial charge in [-0.1, -0.05) is 24.3 Å². The number of rotatable bonds is 5. The van der Waals surface area contributed by atoms with Gasteiger partial charge in [-0.2, -0.15) is 0 Å². The number of nitrogens with zero attached hydrogens (tertiary/aromatic N) is 2. The Morgan fingerprint density at radius 2 is 1.81 bits per heavy atom. The van der Waals surface area contributed by atoms with Crippen LogP contribution < -0.4 is 0 Å². The third kappa shape index (κ3) is 3.06. The highest BCUT2D eigenvalue weighted by atomic mass is 16.2. The Balaban J connectivity index is 2.05. The average Bonchev–Trinajstić information content (AvgIpc) is 2.70. The summed E-state index contributed by atoms with van der Waals surface area (Å²) in [6, 6.07) is 0. The fraction of sp³-hybridized carbons (Fsp3) is 0.562. The molecule has 0 saturated carbocycles. The van der Waals surface area contributed by atoms with Crippen LogP contribution in [0.15, 0.2) is 24.3 Å². The van der Waals surface area contributed by atoms with E-state index in [-0.39, 0.29) is 36.1 Å². The lowest BCUT2D eigenvalue weighted by atomic mass is 9.85. The minimum Gasteiger partial charge on any atom is -0.337 e. The number of hydrogen-bond acceptors (Lipinski definition) is 3. The van der Waals surface area contributed by atoms with Crippen molar-refractivity contribution in [1.82, 2.24) is 9.80 Å². The zero-order chi connectivity index (χ0) is 15.6. The van der Waals surface area contributed by atoms with Gasteiger partial charge in [0.1, 0.15) is 6.54 Å². The number of likely N-dealkylation sites (tertiary alicyclic amines) is 1. The molecule has 1 saturated heterocycles. The predicted molar refractivity (Wildman–Crippen MR) is 79.1 cm³/mol. The molecule has 114 valence electrons. The van der Waals surface area contributed by atoms with E-state index in [0.29, 0.717) is 25.9 Å². The molecule has 0 radical (unpaired) electrons. The van der Waals surface area contributed by atoms with Crippen molar-refractivity contribution in [1.29, 1.82) is 0 Å². The smallest absolute Gasteiger partial charge is 0.243 e. The predicted octanol–water partition coefficient (Wildman–Crippen LogP) is 1.36. The maximum atomic E-state index is 12.3. The molecule has 2 rings (SSSR count).